The van der Waals surface area contributed by atoms with Crippen LogP contribution in [0.1, 0.15) is 0 Å². The number of nitrogens with one attached hydrogen (secondary N) is 2. The Labute approximate surface area is 71.3 Å². The van der Waals surface area contributed by atoms with E-state index < -0.39 is 12.1 Å². The molecule has 0 aliphatic carbocycles. The third kappa shape index (κ3) is 1.74. The molecule has 1 rings (SSSR count). The molecule has 0 aromatic carbocycles. The zero-order valence-corrected chi connectivity index (χ0v) is 7.08. The van der Waals surface area contributed by atoms with Crippen molar-refractivity contribution in [2.45, 2.75) is 12.1 Å². The zero-order valence-electron chi connectivity index (χ0n) is 7.08. The molecule has 3 atom stereocenters. The van der Waals surface area contributed by atoms with Crippen molar-refractivity contribution in [3.8, 4) is 0 Å². The second-order valence-electron chi connectivity index (χ2n) is 3.03. The normalized spacial score (nSPS) is 31.6. The summed E-state index contributed by atoms with van der Waals surface area (Å²) in [6.45, 7) is 1.13. The second-order valence-corrected chi connectivity index (χ2v) is 3.03. The van der Waals surface area contributed by atoms with Crippen molar-refractivity contribution in [2.24, 2.45) is 11.7 Å². The summed E-state index contributed by atoms with van der Waals surface area (Å²) in [4.78, 5) is 11.1. The summed E-state index contributed by atoms with van der Waals surface area (Å²) in [5.41, 5.74) is 5.61. The Morgan fingerprint density at radius 1 is 1.75 bits per heavy atom. The maximum atomic E-state index is 11.1. The minimum Gasteiger partial charge on any atom is -0.391 e. The highest BCUT2D eigenvalue weighted by atomic mass is 16.3. The van der Waals surface area contributed by atoms with Crippen LogP contribution in [-0.2, 0) is 4.79 Å². The van der Waals surface area contributed by atoms with E-state index in [4.69, 9.17) is 5.73 Å². The predicted molar refractivity (Wildman–Crippen MR) is 44.4 cm³/mol. The van der Waals surface area contributed by atoms with Crippen molar-refractivity contribution in [3.63, 3.8) is 0 Å². The molecular weight excluding hydrogens is 158 g/mol. The van der Waals surface area contributed by atoms with E-state index in [1.54, 1.807) is 0 Å². The molecule has 1 heterocycles. The van der Waals surface area contributed by atoms with Crippen molar-refractivity contribution in [2.75, 3.05) is 20.1 Å². The quantitative estimate of drug-likeness (QED) is 0.376. The minimum absolute atomic E-state index is 0.162. The number of β-amino-alcohol motifs (C(OH)–C–C–N with tert-alkyl or cyclic N) is 1. The average molecular weight is 173 g/mol. The molecule has 0 spiro atoms. The lowest BCUT2D eigenvalue weighted by Crippen LogP contribution is -2.48. The van der Waals surface area contributed by atoms with Crippen LogP contribution >= 0.6 is 0 Å². The van der Waals surface area contributed by atoms with Crippen LogP contribution < -0.4 is 16.4 Å². The first-order valence-corrected chi connectivity index (χ1v) is 4.02. The summed E-state index contributed by atoms with van der Waals surface area (Å²) in [5.74, 6) is -0.382. The van der Waals surface area contributed by atoms with Crippen molar-refractivity contribution in [1.82, 2.24) is 10.6 Å². The molecule has 0 saturated carbocycles. The van der Waals surface area contributed by atoms with Crippen LogP contribution in [0.2, 0.25) is 0 Å². The molecule has 70 valence electrons. The van der Waals surface area contributed by atoms with Gasteiger partial charge in [0.2, 0.25) is 5.91 Å². The zero-order chi connectivity index (χ0) is 9.14. The highest BCUT2D eigenvalue weighted by molar-refractivity contribution is 5.81. The monoisotopic (exact) mass is 173 g/mol. The molecule has 1 aliphatic heterocycles. The molecule has 0 bridgehead atoms. The molecule has 3 unspecified atom stereocenters. The SMILES string of the molecule is CNC(=O)C(N)C1CNCC1O. The third-order valence-corrected chi connectivity index (χ3v) is 2.24. The van der Waals surface area contributed by atoms with Gasteiger partial charge in [-0.15, -0.1) is 0 Å². The van der Waals surface area contributed by atoms with E-state index in [2.05, 4.69) is 10.6 Å². The lowest BCUT2D eigenvalue weighted by Gasteiger charge is -2.19. The smallest absolute Gasteiger partial charge is 0.237 e. The van der Waals surface area contributed by atoms with Crippen molar-refractivity contribution in [1.29, 1.82) is 0 Å². The maximum absolute atomic E-state index is 11.1. The number of carbonyl (C=O) groups excluding carboxylic acids is 1. The Kier molecular flexibility index (Phi) is 3.02. The standard InChI is InChI=1S/C7H15N3O2/c1-9-7(12)6(8)4-2-10-3-5(4)11/h4-6,10-11H,2-3,8H2,1H3,(H,9,12). The van der Waals surface area contributed by atoms with Crippen LogP contribution in [0, 0.1) is 5.92 Å². The minimum atomic E-state index is -0.611. The fourth-order valence-corrected chi connectivity index (χ4v) is 1.41. The summed E-state index contributed by atoms with van der Waals surface area (Å²) < 4.78 is 0. The molecule has 0 aromatic heterocycles. The molecule has 0 radical (unpaired) electrons. The highest BCUT2D eigenvalue weighted by Crippen LogP contribution is 2.11. The number of hydrogen-bond donors (Lipinski definition) is 4. The molecule has 5 heteroatoms. The fourth-order valence-electron chi connectivity index (χ4n) is 1.41. The van der Waals surface area contributed by atoms with Gasteiger partial charge in [-0.1, -0.05) is 0 Å². The van der Waals surface area contributed by atoms with E-state index in [1.165, 1.54) is 7.05 Å². The number of carbonyl (C=O) groups is 1. The summed E-state index contributed by atoms with van der Waals surface area (Å²) in [5, 5.41) is 14.8. The molecule has 1 saturated heterocycles. The predicted octanol–water partition coefficient (Wildman–Crippen LogP) is -2.36. The van der Waals surface area contributed by atoms with E-state index in [0.717, 1.165) is 0 Å². The first kappa shape index (κ1) is 9.44. The Balaban J connectivity index is 2.51. The van der Waals surface area contributed by atoms with E-state index in [-0.39, 0.29) is 11.8 Å². The van der Waals surface area contributed by atoms with Crippen LogP contribution in [0.3, 0.4) is 0 Å². The van der Waals surface area contributed by atoms with Crippen molar-refractivity contribution >= 4 is 5.91 Å². The van der Waals surface area contributed by atoms with Gasteiger partial charge in [-0.2, -0.15) is 0 Å². The molecule has 1 aliphatic rings. The van der Waals surface area contributed by atoms with Gasteiger partial charge in [0.05, 0.1) is 12.1 Å². The van der Waals surface area contributed by atoms with Crippen LogP contribution in [0.15, 0.2) is 0 Å². The molecule has 1 amide bonds. The summed E-state index contributed by atoms with van der Waals surface area (Å²) in [7, 11) is 1.54. The number of aliphatic hydroxyl groups excluding tert-OH is 1. The Morgan fingerprint density at radius 3 is 2.83 bits per heavy atom. The van der Waals surface area contributed by atoms with Gasteiger partial charge in [0.25, 0.3) is 0 Å². The largest absolute Gasteiger partial charge is 0.391 e. The Bertz CT molecular complexity index is 174. The fraction of sp³-hybridized carbons (Fsp3) is 0.857. The number of likely N-dealkylation sites (N-methyl/N-ethyl adjacent to an activating group) is 1. The van der Waals surface area contributed by atoms with Gasteiger partial charge >= 0.3 is 0 Å². The second kappa shape index (κ2) is 3.84. The number of amides is 1. The average Bonchev–Trinajstić information content (AvgIpc) is 2.48. The highest BCUT2D eigenvalue weighted by Gasteiger charge is 2.33. The topological polar surface area (TPSA) is 87.4 Å². The molecule has 0 aromatic rings. The Hall–Kier alpha value is -0.650. The third-order valence-electron chi connectivity index (χ3n) is 2.24. The number of hydrogen-bond acceptors (Lipinski definition) is 4. The van der Waals surface area contributed by atoms with Gasteiger partial charge in [-0.05, 0) is 0 Å². The van der Waals surface area contributed by atoms with Gasteiger partial charge in [-0.3, -0.25) is 4.79 Å². The first-order valence-electron chi connectivity index (χ1n) is 4.02. The molecule has 5 nitrogen and oxygen atoms in total. The van der Waals surface area contributed by atoms with Gasteiger partial charge < -0.3 is 21.5 Å². The molecule has 12 heavy (non-hydrogen) atoms. The van der Waals surface area contributed by atoms with Gasteiger partial charge in [0, 0.05) is 26.1 Å². The lowest BCUT2D eigenvalue weighted by molar-refractivity contribution is -0.123. The molecule has 1 fully saturated rings. The van der Waals surface area contributed by atoms with Crippen LogP contribution in [0.5, 0.6) is 0 Å². The summed E-state index contributed by atoms with van der Waals surface area (Å²) in [6, 6.07) is -0.611. The van der Waals surface area contributed by atoms with E-state index in [1.807, 2.05) is 0 Å². The van der Waals surface area contributed by atoms with Gasteiger partial charge in [0.15, 0.2) is 0 Å². The molecular formula is C7H15N3O2. The van der Waals surface area contributed by atoms with Crippen LogP contribution in [-0.4, -0.2) is 43.3 Å². The lowest BCUT2D eigenvalue weighted by atomic mass is 9.97. The van der Waals surface area contributed by atoms with Crippen molar-refractivity contribution in [3.05, 3.63) is 0 Å². The van der Waals surface area contributed by atoms with Crippen LogP contribution in [0.4, 0.5) is 0 Å². The summed E-state index contributed by atoms with van der Waals surface area (Å²) in [6.07, 6.45) is -0.503. The molecule has 5 N–H and O–H groups in total. The maximum Gasteiger partial charge on any atom is 0.237 e. The van der Waals surface area contributed by atoms with E-state index in [0.29, 0.717) is 13.1 Å². The number of nitrogens with two attached hydrogens (primary N) is 1. The first-order chi connectivity index (χ1) is 5.66. The van der Waals surface area contributed by atoms with Gasteiger partial charge in [0.1, 0.15) is 0 Å². The Morgan fingerprint density at radius 2 is 2.42 bits per heavy atom. The number of aliphatic hydroxyl groups is 1. The van der Waals surface area contributed by atoms with Crippen molar-refractivity contribution < 1.29 is 9.90 Å². The van der Waals surface area contributed by atoms with Crippen LogP contribution in [0.25, 0.3) is 0 Å². The van der Waals surface area contributed by atoms with E-state index >= 15 is 0 Å². The number of rotatable bonds is 2. The van der Waals surface area contributed by atoms with Gasteiger partial charge in [-0.25, -0.2) is 0 Å². The summed E-state index contributed by atoms with van der Waals surface area (Å²) >= 11 is 0. The van der Waals surface area contributed by atoms with E-state index in [9.17, 15) is 9.90 Å².